The maximum atomic E-state index is 12.8. The van der Waals surface area contributed by atoms with Crippen molar-refractivity contribution in [2.45, 2.75) is 42.1 Å². The van der Waals surface area contributed by atoms with Crippen molar-refractivity contribution in [1.29, 1.82) is 0 Å². The van der Waals surface area contributed by atoms with Crippen LogP contribution in [0.3, 0.4) is 0 Å². The lowest BCUT2D eigenvalue weighted by Crippen LogP contribution is -2.28. The number of hydrogen-bond acceptors (Lipinski definition) is 5. The Morgan fingerprint density at radius 2 is 2.04 bits per heavy atom. The summed E-state index contributed by atoms with van der Waals surface area (Å²) < 4.78 is 39.0. The van der Waals surface area contributed by atoms with Crippen LogP contribution >= 0.6 is 23.1 Å². The zero-order valence-electron chi connectivity index (χ0n) is 14.5. The highest BCUT2D eigenvalue weighted by molar-refractivity contribution is 8.02. The van der Waals surface area contributed by atoms with Crippen molar-refractivity contribution in [2.75, 3.05) is 0 Å². The third-order valence-corrected chi connectivity index (χ3v) is 5.78. The second kappa shape index (κ2) is 8.75. The van der Waals surface area contributed by atoms with E-state index in [4.69, 9.17) is 5.73 Å². The van der Waals surface area contributed by atoms with E-state index in [0.717, 1.165) is 12.1 Å². The number of amides is 2. The quantitative estimate of drug-likeness (QED) is 0.675. The van der Waals surface area contributed by atoms with E-state index in [-0.39, 0.29) is 12.3 Å². The number of alkyl halides is 3. The smallest absolute Gasteiger partial charge is 0.369 e. The van der Waals surface area contributed by atoms with Gasteiger partial charge in [0.15, 0.2) is 4.34 Å². The predicted molar refractivity (Wildman–Crippen MR) is 98.3 cm³/mol. The van der Waals surface area contributed by atoms with E-state index in [9.17, 15) is 22.8 Å². The monoisotopic (exact) mass is 417 g/mol. The van der Waals surface area contributed by atoms with Crippen LogP contribution in [0, 0.1) is 0 Å². The van der Waals surface area contributed by atoms with Crippen molar-refractivity contribution >= 4 is 34.9 Å². The maximum absolute atomic E-state index is 12.8. The molecule has 1 unspecified atom stereocenters. The Hall–Kier alpha value is -2.07. The lowest BCUT2D eigenvalue weighted by Gasteiger charge is -2.16. The predicted octanol–water partition coefficient (Wildman–Crippen LogP) is 3.55. The number of carbonyl (C=O) groups is 2. The molecule has 0 aliphatic rings. The van der Waals surface area contributed by atoms with Crippen LogP contribution in [0.15, 0.2) is 34.0 Å². The Morgan fingerprint density at radius 1 is 1.33 bits per heavy atom. The molecule has 0 aliphatic heterocycles. The number of nitrogens with two attached hydrogens (primary N) is 1. The first-order valence-electron chi connectivity index (χ1n) is 7.93. The van der Waals surface area contributed by atoms with Crippen molar-refractivity contribution in [2.24, 2.45) is 5.73 Å². The molecule has 2 rings (SSSR count). The van der Waals surface area contributed by atoms with Gasteiger partial charge in [0.2, 0.25) is 11.8 Å². The molecule has 0 aliphatic carbocycles. The summed E-state index contributed by atoms with van der Waals surface area (Å²) in [6.07, 6.45) is -4.44. The molecular weight excluding hydrogens is 399 g/mol. The number of nitrogens with zero attached hydrogens (tertiary/aromatic N) is 1. The highest BCUT2D eigenvalue weighted by Gasteiger charge is 2.30. The van der Waals surface area contributed by atoms with E-state index in [2.05, 4.69) is 10.3 Å². The van der Waals surface area contributed by atoms with Crippen LogP contribution in [0.1, 0.15) is 36.7 Å². The summed E-state index contributed by atoms with van der Waals surface area (Å²) in [6, 6.07) is 4.27. The van der Waals surface area contributed by atoms with Gasteiger partial charge in [0.25, 0.3) is 0 Å². The summed E-state index contributed by atoms with van der Waals surface area (Å²) in [7, 11) is 0. The second-order valence-electron chi connectivity index (χ2n) is 5.86. The number of aromatic nitrogens is 1. The molecule has 0 bridgehead atoms. The van der Waals surface area contributed by atoms with Crippen LogP contribution in [-0.2, 0) is 22.2 Å². The molecule has 2 atom stereocenters. The lowest BCUT2D eigenvalue weighted by atomic mass is 10.0. The Bertz CT molecular complexity index is 824. The fourth-order valence-corrected chi connectivity index (χ4v) is 4.09. The standard InChI is InChI=1S/C17H18F3N3O2S2/c1-9(11-4-3-5-12(6-11)17(18,19)20)22-14(24)7-13-8-26-16(23-13)27-10(2)15(21)25/h3-6,8-10H,7H2,1-2H3,(H2,21,25)(H,22,24)/t9-,10?/m1/s1. The number of halogens is 3. The van der Waals surface area contributed by atoms with Crippen LogP contribution in [-0.4, -0.2) is 22.0 Å². The Balaban J connectivity index is 1.96. The van der Waals surface area contributed by atoms with Crippen LogP contribution in [0.25, 0.3) is 0 Å². The van der Waals surface area contributed by atoms with Gasteiger partial charge in [-0.2, -0.15) is 13.2 Å². The molecule has 10 heteroatoms. The van der Waals surface area contributed by atoms with Crippen molar-refractivity contribution in [3.05, 3.63) is 46.5 Å². The molecule has 0 spiro atoms. The highest BCUT2D eigenvalue weighted by atomic mass is 32.2. The summed E-state index contributed by atoms with van der Waals surface area (Å²) >= 11 is 2.51. The topological polar surface area (TPSA) is 85.1 Å². The SMILES string of the molecule is CC(Sc1nc(CC(=O)N[C@H](C)c2cccc(C(F)(F)F)c2)cs1)C(N)=O. The molecule has 5 nitrogen and oxygen atoms in total. The van der Waals surface area contributed by atoms with Gasteiger partial charge in [-0.05, 0) is 31.5 Å². The van der Waals surface area contributed by atoms with E-state index >= 15 is 0 Å². The molecule has 0 saturated carbocycles. The average Bonchev–Trinajstić information content (AvgIpc) is 3.00. The van der Waals surface area contributed by atoms with Crippen LogP contribution in [0.2, 0.25) is 0 Å². The van der Waals surface area contributed by atoms with Gasteiger partial charge in [0.05, 0.1) is 29.0 Å². The summed E-state index contributed by atoms with van der Waals surface area (Å²) in [5.41, 5.74) is 5.33. The molecule has 0 saturated heterocycles. The van der Waals surface area contributed by atoms with Crippen molar-refractivity contribution in [1.82, 2.24) is 10.3 Å². The molecule has 1 aromatic heterocycles. The number of rotatable bonds is 7. The van der Waals surface area contributed by atoms with Gasteiger partial charge >= 0.3 is 6.18 Å². The lowest BCUT2D eigenvalue weighted by molar-refractivity contribution is -0.137. The van der Waals surface area contributed by atoms with Gasteiger partial charge in [0, 0.05) is 5.38 Å². The number of carbonyl (C=O) groups excluding carboxylic acids is 2. The van der Waals surface area contributed by atoms with Crippen LogP contribution in [0.4, 0.5) is 13.2 Å². The van der Waals surface area contributed by atoms with E-state index < -0.39 is 28.9 Å². The fraction of sp³-hybridized carbons (Fsp3) is 0.353. The third-order valence-electron chi connectivity index (χ3n) is 3.64. The van der Waals surface area contributed by atoms with E-state index in [1.807, 2.05) is 0 Å². The van der Waals surface area contributed by atoms with Crippen molar-refractivity contribution in [3.63, 3.8) is 0 Å². The summed E-state index contributed by atoms with van der Waals surface area (Å²) in [5, 5.41) is 3.94. The van der Waals surface area contributed by atoms with Gasteiger partial charge in [-0.3, -0.25) is 9.59 Å². The number of nitrogens with one attached hydrogen (secondary N) is 1. The Morgan fingerprint density at radius 3 is 2.67 bits per heavy atom. The van der Waals surface area contributed by atoms with Crippen LogP contribution in [0.5, 0.6) is 0 Å². The summed E-state index contributed by atoms with van der Waals surface area (Å²) in [6.45, 7) is 3.28. The minimum Gasteiger partial charge on any atom is -0.369 e. The van der Waals surface area contributed by atoms with Crippen molar-refractivity contribution in [3.8, 4) is 0 Å². The molecule has 0 fully saturated rings. The van der Waals surface area contributed by atoms with Crippen molar-refractivity contribution < 1.29 is 22.8 Å². The van der Waals surface area contributed by atoms with E-state index in [0.29, 0.717) is 15.6 Å². The largest absolute Gasteiger partial charge is 0.416 e. The molecule has 0 radical (unpaired) electrons. The molecular formula is C17H18F3N3O2S2. The molecule has 27 heavy (non-hydrogen) atoms. The van der Waals surface area contributed by atoms with Gasteiger partial charge in [-0.25, -0.2) is 4.98 Å². The Labute approximate surface area is 162 Å². The third kappa shape index (κ3) is 6.24. The number of benzene rings is 1. The number of primary amides is 1. The summed E-state index contributed by atoms with van der Waals surface area (Å²) in [4.78, 5) is 27.5. The van der Waals surface area contributed by atoms with E-state index in [1.165, 1.54) is 35.2 Å². The molecule has 146 valence electrons. The first-order chi connectivity index (χ1) is 12.6. The van der Waals surface area contributed by atoms with Gasteiger partial charge in [-0.1, -0.05) is 23.9 Å². The van der Waals surface area contributed by atoms with Gasteiger partial charge in [-0.15, -0.1) is 11.3 Å². The zero-order chi connectivity index (χ0) is 20.2. The molecule has 3 N–H and O–H groups in total. The fourth-order valence-electron chi connectivity index (χ4n) is 2.16. The minimum absolute atomic E-state index is 0.00862. The molecule has 2 aromatic rings. The number of thiazole rings is 1. The van der Waals surface area contributed by atoms with Gasteiger partial charge < -0.3 is 11.1 Å². The highest BCUT2D eigenvalue weighted by Crippen LogP contribution is 2.31. The number of hydrogen-bond donors (Lipinski definition) is 2. The Kier molecular flexibility index (Phi) is 6.88. The molecule has 1 aromatic carbocycles. The first kappa shape index (κ1) is 21.2. The molecule has 1 heterocycles. The number of thioether (sulfide) groups is 1. The first-order valence-corrected chi connectivity index (χ1v) is 9.69. The zero-order valence-corrected chi connectivity index (χ0v) is 16.2. The molecule has 2 amide bonds. The van der Waals surface area contributed by atoms with Crippen LogP contribution < -0.4 is 11.1 Å². The maximum Gasteiger partial charge on any atom is 0.416 e. The van der Waals surface area contributed by atoms with Gasteiger partial charge in [0.1, 0.15) is 0 Å². The van der Waals surface area contributed by atoms with E-state index in [1.54, 1.807) is 19.2 Å². The average molecular weight is 417 g/mol. The minimum atomic E-state index is -4.43. The second-order valence-corrected chi connectivity index (χ2v) is 8.30. The summed E-state index contributed by atoms with van der Waals surface area (Å²) in [5.74, 6) is -0.811. The normalized spacial score (nSPS) is 13.8.